The molecule has 2 aliphatic rings. The number of carbonyl (C=O) groups is 1. The third-order valence-electron chi connectivity index (χ3n) is 5.24. The number of hydrogen-bond donors (Lipinski definition) is 0. The molecule has 1 aromatic carbocycles. The van der Waals surface area contributed by atoms with Crippen molar-refractivity contribution in [2.75, 3.05) is 12.3 Å². The third kappa shape index (κ3) is 3.81. The molecule has 0 aliphatic heterocycles. The van der Waals surface area contributed by atoms with Crippen molar-refractivity contribution in [1.82, 2.24) is 14.5 Å². The largest absolute Gasteiger partial charge is 0.316 e. The Bertz CT molecular complexity index is 946. The molecule has 0 radical (unpaired) electrons. The molecule has 5 nitrogen and oxygen atoms in total. The lowest BCUT2D eigenvalue weighted by Gasteiger charge is -2.26. The van der Waals surface area contributed by atoms with E-state index in [4.69, 9.17) is 4.98 Å². The normalized spacial score (nSPS) is 17.0. The summed E-state index contributed by atoms with van der Waals surface area (Å²) in [5.74, 6) is 0.406. The van der Waals surface area contributed by atoms with E-state index >= 15 is 0 Å². The predicted octanol–water partition coefficient (Wildman–Crippen LogP) is 4.13. The van der Waals surface area contributed by atoms with Gasteiger partial charge in [-0.25, -0.2) is 4.98 Å². The summed E-state index contributed by atoms with van der Waals surface area (Å²) in [6.45, 7) is 2.71. The van der Waals surface area contributed by atoms with E-state index < -0.39 is 0 Å². The highest BCUT2D eigenvalue weighted by Crippen LogP contribution is 2.37. The van der Waals surface area contributed by atoms with Crippen molar-refractivity contribution in [3.05, 3.63) is 46.4 Å². The molecular formula is C21H25N3O2S. The van der Waals surface area contributed by atoms with E-state index in [-0.39, 0.29) is 17.5 Å². The highest BCUT2D eigenvalue weighted by molar-refractivity contribution is 7.99. The van der Waals surface area contributed by atoms with E-state index in [1.807, 2.05) is 36.1 Å². The minimum atomic E-state index is 0.0142. The SMILES string of the molecule is CCN(C(=O)CSc1nc2ccccc2c(=O)n1C1CC1)C1=CCCCC1. The summed E-state index contributed by atoms with van der Waals surface area (Å²) in [7, 11) is 0. The number of benzene rings is 1. The molecular weight excluding hydrogens is 358 g/mol. The van der Waals surface area contributed by atoms with Crippen LogP contribution in [0.2, 0.25) is 0 Å². The summed E-state index contributed by atoms with van der Waals surface area (Å²) in [5, 5.41) is 1.32. The van der Waals surface area contributed by atoms with Gasteiger partial charge in [0.1, 0.15) is 0 Å². The van der Waals surface area contributed by atoms with Gasteiger partial charge < -0.3 is 4.90 Å². The van der Waals surface area contributed by atoms with Crippen LogP contribution >= 0.6 is 11.8 Å². The average Bonchev–Trinajstić information content (AvgIpc) is 3.53. The van der Waals surface area contributed by atoms with Crippen LogP contribution in [-0.4, -0.2) is 32.7 Å². The number of hydrogen-bond acceptors (Lipinski definition) is 4. The van der Waals surface area contributed by atoms with Gasteiger partial charge in [-0.3, -0.25) is 14.2 Å². The molecule has 2 aromatic rings. The number of thioether (sulfide) groups is 1. The van der Waals surface area contributed by atoms with E-state index in [1.165, 1.54) is 18.2 Å². The first-order valence-corrected chi connectivity index (χ1v) is 10.8. The van der Waals surface area contributed by atoms with Gasteiger partial charge in [0.05, 0.1) is 16.7 Å². The van der Waals surface area contributed by atoms with Gasteiger partial charge in [0.2, 0.25) is 5.91 Å². The summed E-state index contributed by atoms with van der Waals surface area (Å²) in [4.78, 5) is 32.4. The topological polar surface area (TPSA) is 55.2 Å². The number of aromatic nitrogens is 2. The van der Waals surface area contributed by atoms with Crippen LogP contribution in [0.4, 0.5) is 0 Å². The standard InChI is InChI=1S/C21H25N3O2S/c1-2-23(15-8-4-3-5-9-15)19(25)14-27-21-22-18-11-7-6-10-17(18)20(26)24(21)16-12-13-16/h6-8,10-11,16H,2-5,9,12-14H2,1H3. The number of nitrogens with zero attached hydrogens (tertiary/aromatic N) is 3. The molecule has 6 heteroatoms. The van der Waals surface area contributed by atoms with Crippen molar-refractivity contribution in [2.45, 2.75) is 56.6 Å². The molecule has 0 unspecified atom stereocenters. The Balaban J connectivity index is 1.58. The first-order valence-electron chi connectivity index (χ1n) is 9.82. The number of carbonyl (C=O) groups excluding carboxylic acids is 1. The molecule has 2 aliphatic carbocycles. The minimum Gasteiger partial charge on any atom is -0.316 e. The lowest BCUT2D eigenvalue weighted by Crippen LogP contribution is -2.32. The van der Waals surface area contributed by atoms with Gasteiger partial charge in [-0.15, -0.1) is 0 Å². The molecule has 0 saturated heterocycles. The van der Waals surface area contributed by atoms with Crippen molar-refractivity contribution < 1.29 is 4.79 Å². The minimum absolute atomic E-state index is 0.0142. The molecule has 1 saturated carbocycles. The predicted molar refractivity (Wildman–Crippen MR) is 109 cm³/mol. The highest BCUT2D eigenvalue weighted by Gasteiger charge is 2.29. The molecule has 4 rings (SSSR count). The number of fused-ring (bicyclic) bond motifs is 1. The lowest BCUT2D eigenvalue weighted by molar-refractivity contribution is -0.126. The molecule has 1 aromatic heterocycles. The van der Waals surface area contributed by atoms with Gasteiger partial charge in [-0.1, -0.05) is 30.0 Å². The van der Waals surface area contributed by atoms with E-state index in [2.05, 4.69) is 6.08 Å². The molecule has 0 N–H and O–H groups in total. The maximum atomic E-state index is 12.9. The van der Waals surface area contributed by atoms with Crippen LogP contribution in [0.5, 0.6) is 0 Å². The van der Waals surface area contributed by atoms with Crippen molar-refractivity contribution in [3.63, 3.8) is 0 Å². The van der Waals surface area contributed by atoms with Gasteiger partial charge in [-0.2, -0.15) is 0 Å². The van der Waals surface area contributed by atoms with Crippen LogP contribution < -0.4 is 5.56 Å². The van der Waals surface area contributed by atoms with Gasteiger partial charge >= 0.3 is 0 Å². The van der Waals surface area contributed by atoms with Crippen LogP contribution in [0.1, 0.15) is 51.5 Å². The lowest BCUT2D eigenvalue weighted by atomic mass is 10.0. The summed E-state index contributed by atoms with van der Waals surface area (Å²) in [6.07, 6.45) is 8.61. The number of amides is 1. The van der Waals surface area contributed by atoms with E-state index in [0.717, 1.165) is 37.8 Å². The Kier molecular flexibility index (Phi) is 5.34. The zero-order valence-electron chi connectivity index (χ0n) is 15.7. The summed E-state index contributed by atoms with van der Waals surface area (Å²) in [6, 6.07) is 7.69. The molecule has 0 spiro atoms. The van der Waals surface area contributed by atoms with Crippen molar-refractivity contribution >= 4 is 28.6 Å². The smallest absolute Gasteiger partial charge is 0.262 e. The third-order valence-corrected chi connectivity index (χ3v) is 6.18. The van der Waals surface area contributed by atoms with Crippen LogP contribution in [0.25, 0.3) is 10.9 Å². The Morgan fingerprint density at radius 2 is 2.11 bits per heavy atom. The maximum absolute atomic E-state index is 12.9. The Morgan fingerprint density at radius 3 is 2.81 bits per heavy atom. The zero-order valence-corrected chi connectivity index (χ0v) is 16.5. The van der Waals surface area contributed by atoms with Crippen LogP contribution in [0, 0.1) is 0 Å². The maximum Gasteiger partial charge on any atom is 0.262 e. The Morgan fingerprint density at radius 1 is 1.30 bits per heavy atom. The first-order chi connectivity index (χ1) is 13.2. The second-order valence-electron chi connectivity index (χ2n) is 7.19. The molecule has 0 bridgehead atoms. The van der Waals surface area contributed by atoms with Crippen molar-refractivity contribution in [2.24, 2.45) is 0 Å². The van der Waals surface area contributed by atoms with Gasteiger partial charge in [0, 0.05) is 18.3 Å². The fourth-order valence-corrected chi connectivity index (χ4v) is 4.63. The second-order valence-corrected chi connectivity index (χ2v) is 8.13. The monoisotopic (exact) mass is 383 g/mol. The average molecular weight is 384 g/mol. The Labute approximate surface area is 163 Å². The number of para-hydroxylation sites is 1. The van der Waals surface area contributed by atoms with Crippen molar-refractivity contribution in [1.29, 1.82) is 0 Å². The molecule has 27 heavy (non-hydrogen) atoms. The Hall–Kier alpha value is -2.08. The van der Waals surface area contributed by atoms with Gasteiger partial charge in [-0.05, 0) is 57.6 Å². The molecule has 1 amide bonds. The van der Waals surface area contributed by atoms with Crippen LogP contribution in [0.3, 0.4) is 0 Å². The molecule has 0 atom stereocenters. The highest BCUT2D eigenvalue weighted by atomic mass is 32.2. The fourth-order valence-electron chi connectivity index (χ4n) is 3.69. The molecule has 1 heterocycles. The molecule has 142 valence electrons. The van der Waals surface area contributed by atoms with Crippen LogP contribution in [-0.2, 0) is 4.79 Å². The van der Waals surface area contributed by atoms with Crippen molar-refractivity contribution in [3.8, 4) is 0 Å². The quantitative estimate of drug-likeness (QED) is 0.556. The zero-order chi connectivity index (χ0) is 18.8. The summed E-state index contributed by atoms with van der Waals surface area (Å²) >= 11 is 1.39. The van der Waals surface area contributed by atoms with E-state index in [0.29, 0.717) is 28.4 Å². The van der Waals surface area contributed by atoms with E-state index in [9.17, 15) is 9.59 Å². The van der Waals surface area contributed by atoms with Crippen LogP contribution in [0.15, 0.2) is 46.0 Å². The second kappa shape index (κ2) is 7.89. The summed E-state index contributed by atoms with van der Waals surface area (Å²) in [5.41, 5.74) is 1.87. The van der Waals surface area contributed by atoms with Gasteiger partial charge in [0.25, 0.3) is 5.56 Å². The first kappa shape index (κ1) is 18.3. The van der Waals surface area contributed by atoms with E-state index in [1.54, 1.807) is 4.57 Å². The number of allylic oxidation sites excluding steroid dienone is 2. The fraction of sp³-hybridized carbons (Fsp3) is 0.476. The number of rotatable bonds is 6. The van der Waals surface area contributed by atoms with Gasteiger partial charge in [0.15, 0.2) is 5.16 Å². The summed E-state index contributed by atoms with van der Waals surface area (Å²) < 4.78 is 1.80. The molecule has 1 fully saturated rings.